The molecule has 3 rings (SSSR count). The van der Waals surface area contributed by atoms with Crippen LogP contribution in [0.3, 0.4) is 0 Å². The van der Waals surface area contributed by atoms with Gasteiger partial charge in [0.2, 0.25) is 0 Å². The number of aromatic amines is 1. The minimum Gasteiger partial charge on any atom is -0.487 e. The van der Waals surface area contributed by atoms with Crippen LogP contribution in [0.5, 0.6) is 5.75 Å². The van der Waals surface area contributed by atoms with E-state index in [0.717, 1.165) is 11.3 Å². The summed E-state index contributed by atoms with van der Waals surface area (Å²) < 4.78 is 16.1. The summed E-state index contributed by atoms with van der Waals surface area (Å²) in [7, 11) is 0. The summed E-state index contributed by atoms with van der Waals surface area (Å²) in [6.07, 6.45) is 1.72. The van der Waals surface area contributed by atoms with Gasteiger partial charge in [-0.15, -0.1) is 0 Å². The number of nitrogens with one attached hydrogen (secondary N) is 1. The van der Waals surface area contributed by atoms with E-state index < -0.39 is 11.9 Å². The minimum atomic E-state index is -0.526. The standard InChI is InChI=1S/C23H24N2O5/c1-4-28-22(26)20-15(2)21(25-16(20)3)23(27)30-13-17-8-10-19(11-9-17)29-14-18-7-5-6-12-24-18/h5-12,25H,4,13-14H2,1-3H3. The molecule has 2 aromatic heterocycles. The first-order chi connectivity index (χ1) is 14.5. The maximum atomic E-state index is 12.5. The molecule has 0 saturated carbocycles. The second kappa shape index (κ2) is 9.73. The maximum absolute atomic E-state index is 12.5. The van der Waals surface area contributed by atoms with Crippen molar-refractivity contribution in [2.75, 3.05) is 6.61 Å². The number of hydrogen-bond acceptors (Lipinski definition) is 6. The number of carbonyl (C=O) groups excluding carboxylic acids is 2. The average molecular weight is 408 g/mol. The molecule has 0 aliphatic heterocycles. The van der Waals surface area contributed by atoms with Gasteiger partial charge in [-0.3, -0.25) is 4.98 Å². The third-order valence-corrected chi connectivity index (χ3v) is 4.53. The van der Waals surface area contributed by atoms with Crippen molar-refractivity contribution in [1.29, 1.82) is 0 Å². The SMILES string of the molecule is CCOC(=O)c1c(C)[nH]c(C(=O)OCc2ccc(OCc3ccccn3)cc2)c1C. The third kappa shape index (κ3) is 5.05. The molecule has 1 N–H and O–H groups in total. The molecular formula is C23H24N2O5. The Morgan fingerprint density at radius 2 is 1.73 bits per heavy atom. The van der Waals surface area contributed by atoms with E-state index in [4.69, 9.17) is 14.2 Å². The lowest BCUT2D eigenvalue weighted by Crippen LogP contribution is -2.09. The minimum absolute atomic E-state index is 0.103. The third-order valence-electron chi connectivity index (χ3n) is 4.53. The van der Waals surface area contributed by atoms with Gasteiger partial charge in [0.15, 0.2) is 0 Å². The van der Waals surface area contributed by atoms with E-state index >= 15 is 0 Å². The fourth-order valence-electron chi connectivity index (χ4n) is 3.01. The Morgan fingerprint density at radius 1 is 0.967 bits per heavy atom. The molecule has 3 aromatic rings. The molecule has 0 aliphatic carbocycles. The zero-order valence-corrected chi connectivity index (χ0v) is 17.2. The number of pyridine rings is 1. The zero-order chi connectivity index (χ0) is 21.5. The van der Waals surface area contributed by atoms with Gasteiger partial charge < -0.3 is 19.2 Å². The summed E-state index contributed by atoms with van der Waals surface area (Å²) >= 11 is 0. The number of rotatable bonds is 8. The fourth-order valence-corrected chi connectivity index (χ4v) is 3.01. The van der Waals surface area contributed by atoms with E-state index in [-0.39, 0.29) is 18.9 Å². The van der Waals surface area contributed by atoms with Crippen molar-refractivity contribution in [1.82, 2.24) is 9.97 Å². The van der Waals surface area contributed by atoms with Gasteiger partial charge in [0.25, 0.3) is 0 Å². The molecule has 0 atom stereocenters. The predicted molar refractivity (Wildman–Crippen MR) is 110 cm³/mol. The van der Waals surface area contributed by atoms with E-state index in [1.807, 2.05) is 42.5 Å². The zero-order valence-electron chi connectivity index (χ0n) is 17.2. The Labute approximate surface area is 175 Å². The molecule has 0 saturated heterocycles. The van der Waals surface area contributed by atoms with Gasteiger partial charge in [0.05, 0.1) is 17.9 Å². The van der Waals surface area contributed by atoms with E-state index in [1.165, 1.54) is 0 Å². The number of ether oxygens (including phenoxy) is 3. The molecule has 0 amide bonds. The Balaban J connectivity index is 1.57. The quantitative estimate of drug-likeness (QED) is 0.564. The van der Waals surface area contributed by atoms with E-state index in [0.29, 0.717) is 29.2 Å². The number of aryl methyl sites for hydroxylation is 1. The molecule has 0 bridgehead atoms. The van der Waals surface area contributed by atoms with Gasteiger partial charge >= 0.3 is 11.9 Å². The van der Waals surface area contributed by atoms with Crippen LogP contribution < -0.4 is 4.74 Å². The molecule has 2 heterocycles. The van der Waals surface area contributed by atoms with E-state index in [2.05, 4.69) is 9.97 Å². The maximum Gasteiger partial charge on any atom is 0.355 e. The lowest BCUT2D eigenvalue weighted by Gasteiger charge is -2.08. The van der Waals surface area contributed by atoms with Crippen LogP contribution in [0.2, 0.25) is 0 Å². The smallest absolute Gasteiger partial charge is 0.355 e. The van der Waals surface area contributed by atoms with Crippen LogP contribution in [0.15, 0.2) is 48.7 Å². The molecule has 7 heteroatoms. The van der Waals surface area contributed by atoms with Gasteiger partial charge in [0.1, 0.15) is 24.7 Å². The molecule has 0 fully saturated rings. The number of esters is 2. The molecule has 7 nitrogen and oxygen atoms in total. The van der Waals surface area contributed by atoms with Crippen molar-refractivity contribution < 1.29 is 23.8 Å². The number of nitrogens with zero attached hydrogens (tertiary/aromatic N) is 1. The van der Waals surface area contributed by atoms with Gasteiger partial charge in [-0.25, -0.2) is 9.59 Å². The van der Waals surface area contributed by atoms with Gasteiger partial charge in [-0.05, 0) is 56.2 Å². The second-order valence-electron chi connectivity index (χ2n) is 6.68. The van der Waals surface area contributed by atoms with Crippen molar-refractivity contribution in [3.05, 3.63) is 82.4 Å². The van der Waals surface area contributed by atoms with Crippen LogP contribution in [-0.2, 0) is 22.7 Å². The largest absolute Gasteiger partial charge is 0.487 e. The molecule has 156 valence electrons. The monoisotopic (exact) mass is 408 g/mol. The first-order valence-electron chi connectivity index (χ1n) is 9.64. The topological polar surface area (TPSA) is 90.5 Å². The highest BCUT2D eigenvalue weighted by Crippen LogP contribution is 2.21. The van der Waals surface area contributed by atoms with Crippen LogP contribution in [-0.4, -0.2) is 28.5 Å². The van der Waals surface area contributed by atoms with Crippen molar-refractivity contribution in [2.24, 2.45) is 0 Å². The van der Waals surface area contributed by atoms with Gasteiger partial charge in [-0.1, -0.05) is 18.2 Å². The molecule has 0 radical (unpaired) electrons. The van der Waals surface area contributed by atoms with Crippen LogP contribution >= 0.6 is 0 Å². The summed E-state index contributed by atoms with van der Waals surface area (Å²) in [6, 6.07) is 12.9. The van der Waals surface area contributed by atoms with Crippen molar-refractivity contribution in [3.8, 4) is 5.75 Å². The lowest BCUT2D eigenvalue weighted by molar-refractivity contribution is 0.0465. The molecular weight excluding hydrogens is 384 g/mol. The van der Waals surface area contributed by atoms with Crippen LogP contribution in [0.1, 0.15) is 50.3 Å². The highest BCUT2D eigenvalue weighted by atomic mass is 16.5. The van der Waals surface area contributed by atoms with E-state index in [9.17, 15) is 9.59 Å². The molecule has 0 spiro atoms. The number of carbonyl (C=O) groups is 2. The molecule has 30 heavy (non-hydrogen) atoms. The Hall–Kier alpha value is -3.61. The Bertz CT molecular complexity index is 1010. The first kappa shape index (κ1) is 21.1. The summed E-state index contributed by atoms with van der Waals surface area (Å²) in [6.45, 7) is 5.90. The summed E-state index contributed by atoms with van der Waals surface area (Å²) in [4.78, 5) is 31.7. The second-order valence-corrected chi connectivity index (χ2v) is 6.68. The predicted octanol–water partition coefficient (Wildman–Crippen LogP) is 4.14. The van der Waals surface area contributed by atoms with Crippen molar-refractivity contribution in [3.63, 3.8) is 0 Å². The van der Waals surface area contributed by atoms with Gasteiger partial charge in [0, 0.05) is 11.9 Å². The number of aromatic nitrogens is 2. The lowest BCUT2D eigenvalue weighted by atomic mass is 10.1. The highest BCUT2D eigenvalue weighted by Gasteiger charge is 2.23. The van der Waals surface area contributed by atoms with E-state index in [1.54, 1.807) is 27.0 Å². The van der Waals surface area contributed by atoms with Crippen molar-refractivity contribution >= 4 is 11.9 Å². The normalized spacial score (nSPS) is 10.5. The number of hydrogen-bond donors (Lipinski definition) is 1. The summed E-state index contributed by atoms with van der Waals surface area (Å²) in [5.41, 5.74) is 3.39. The molecule has 0 unspecified atom stereocenters. The van der Waals surface area contributed by atoms with Crippen molar-refractivity contribution in [2.45, 2.75) is 34.0 Å². The fraction of sp³-hybridized carbons (Fsp3) is 0.261. The Kier molecular flexibility index (Phi) is 6.85. The highest BCUT2D eigenvalue weighted by molar-refractivity contribution is 5.98. The molecule has 0 aliphatic rings. The summed E-state index contributed by atoms with van der Waals surface area (Å²) in [5, 5.41) is 0. The molecule has 1 aromatic carbocycles. The van der Waals surface area contributed by atoms with Crippen LogP contribution in [0, 0.1) is 13.8 Å². The number of H-pyrrole nitrogens is 1. The average Bonchev–Trinajstić information content (AvgIpc) is 3.06. The van der Waals surface area contributed by atoms with Crippen LogP contribution in [0.4, 0.5) is 0 Å². The number of benzene rings is 1. The Morgan fingerprint density at radius 3 is 2.40 bits per heavy atom. The van der Waals surface area contributed by atoms with Crippen LogP contribution in [0.25, 0.3) is 0 Å². The summed E-state index contributed by atoms with van der Waals surface area (Å²) in [5.74, 6) is -0.281. The first-order valence-corrected chi connectivity index (χ1v) is 9.64. The van der Waals surface area contributed by atoms with Gasteiger partial charge in [-0.2, -0.15) is 0 Å².